The summed E-state index contributed by atoms with van der Waals surface area (Å²) in [6.07, 6.45) is 22.4. The van der Waals surface area contributed by atoms with Crippen LogP contribution in [0.25, 0.3) is 5.73 Å². The molecular formula is C22H42NNaO7S. The fourth-order valence-corrected chi connectivity index (χ4v) is 3.46. The van der Waals surface area contributed by atoms with Crippen molar-refractivity contribution >= 4 is 22.1 Å². The van der Waals surface area contributed by atoms with Gasteiger partial charge in [-0.25, -0.2) is 0 Å². The van der Waals surface area contributed by atoms with E-state index in [1.165, 1.54) is 83.5 Å². The standard InChI is InChI=1S/C18H36N.C4H6O7S.Na/c1-2-3-4-5-6-7-8-9-10-11-12-13-14-15-16-17-18-19;5-3(6)1-2(4(7)8)12(9,10)11;/h9-10,19H,2-8,11-18H2,1H3;2H,1H2,(H,5,6)(H,7,8)(H,9,10,11);/q-1;;+1/b10-9-;;. The number of hydrogen-bond acceptors (Lipinski definition) is 4. The molecule has 0 saturated heterocycles. The Bertz CT molecular complexity index is 583. The van der Waals surface area contributed by atoms with Crippen molar-refractivity contribution in [2.75, 3.05) is 6.54 Å². The molecule has 0 spiro atoms. The molecule has 0 amide bonds. The summed E-state index contributed by atoms with van der Waals surface area (Å²) >= 11 is 0. The Kier molecular flexibility index (Phi) is 28.4. The second kappa shape index (κ2) is 25.2. The molecule has 0 aromatic heterocycles. The molecule has 0 fully saturated rings. The van der Waals surface area contributed by atoms with E-state index in [1.54, 1.807) is 0 Å². The van der Waals surface area contributed by atoms with Gasteiger partial charge < -0.3 is 15.9 Å². The van der Waals surface area contributed by atoms with Gasteiger partial charge in [-0.05, 0) is 25.7 Å². The number of allylic oxidation sites excluding steroid dienone is 2. The number of hydrogen-bond donors (Lipinski definition) is 3. The van der Waals surface area contributed by atoms with Crippen LogP contribution in [0.3, 0.4) is 0 Å². The van der Waals surface area contributed by atoms with E-state index >= 15 is 0 Å². The summed E-state index contributed by atoms with van der Waals surface area (Å²) < 4.78 is 28.7. The molecule has 32 heavy (non-hydrogen) atoms. The van der Waals surface area contributed by atoms with Crippen molar-refractivity contribution in [3.8, 4) is 0 Å². The Morgan fingerprint density at radius 1 is 0.812 bits per heavy atom. The van der Waals surface area contributed by atoms with Crippen LogP contribution in [0.4, 0.5) is 0 Å². The summed E-state index contributed by atoms with van der Waals surface area (Å²) in [5.41, 5.74) is 7.07. The molecule has 0 aromatic carbocycles. The fourth-order valence-electron chi connectivity index (χ4n) is 2.85. The van der Waals surface area contributed by atoms with Gasteiger partial charge >= 0.3 is 41.5 Å². The molecule has 10 heteroatoms. The minimum Gasteiger partial charge on any atom is -0.677 e. The number of carbonyl (C=O) groups is 2. The minimum atomic E-state index is -4.84. The molecule has 184 valence electrons. The minimum absolute atomic E-state index is 0. The largest absolute Gasteiger partial charge is 1.00 e. The first-order chi connectivity index (χ1) is 14.7. The van der Waals surface area contributed by atoms with Crippen molar-refractivity contribution < 1.29 is 62.3 Å². The van der Waals surface area contributed by atoms with E-state index in [1.807, 2.05) is 0 Å². The molecule has 0 radical (unpaired) electrons. The van der Waals surface area contributed by atoms with Crippen LogP contribution < -0.4 is 29.6 Å². The normalized spacial score (nSPS) is 12.0. The van der Waals surface area contributed by atoms with Gasteiger partial charge in [-0.3, -0.25) is 14.1 Å². The molecule has 1 atom stereocenters. The maximum atomic E-state index is 10.2. The third-order valence-corrected chi connectivity index (χ3v) is 5.77. The Balaban J connectivity index is -0.000000561. The first kappa shape index (κ1) is 36.1. The van der Waals surface area contributed by atoms with Crippen LogP contribution in [0.2, 0.25) is 0 Å². The zero-order valence-corrected chi connectivity index (χ0v) is 22.7. The van der Waals surface area contributed by atoms with E-state index in [2.05, 4.69) is 19.1 Å². The summed E-state index contributed by atoms with van der Waals surface area (Å²) in [4.78, 5) is 20.0. The van der Waals surface area contributed by atoms with Gasteiger partial charge in [0.2, 0.25) is 0 Å². The van der Waals surface area contributed by atoms with Crippen molar-refractivity contribution in [3.63, 3.8) is 0 Å². The molecule has 8 nitrogen and oxygen atoms in total. The van der Waals surface area contributed by atoms with Crippen LogP contribution in [-0.4, -0.2) is 46.9 Å². The molecule has 0 saturated carbocycles. The number of carboxylic acids is 2. The van der Waals surface area contributed by atoms with Gasteiger partial charge in [-0.1, -0.05) is 83.3 Å². The number of rotatable bonds is 19. The van der Waals surface area contributed by atoms with Crippen LogP contribution in [-0.2, 0) is 19.7 Å². The van der Waals surface area contributed by atoms with E-state index < -0.39 is 33.7 Å². The Hall–Kier alpha value is -0.450. The van der Waals surface area contributed by atoms with E-state index in [0.29, 0.717) is 6.54 Å². The third-order valence-electron chi connectivity index (χ3n) is 4.68. The Morgan fingerprint density at radius 3 is 1.53 bits per heavy atom. The van der Waals surface area contributed by atoms with Crippen LogP contribution in [0.5, 0.6) is 0 Å². The average molecular weight is 488 g/mol. The van der Waals surface area contributed by atoms with Gasteiger partial charge in [0, 0.05) is 0 Å². The molecule has 0 aliphatic heterocycles. The van der Waals surface area contributed by atoms with E-state index in [9.17, 15) is 18.0 Å². The number of unbranched alkanes of at least 4 members (excludes halogenated alkanes) is 12. The van der Waals surface area contributed by atoms with Gasteiger partial charge in [-0.2, -0.15) is 15.0 Å². The van der Waals surface area contributed by atoms with Gasteiger partial charge in [0.25, 0.3) is 10.1 Å². The van der Waals surface area contributed by atoms with Crippen molar-refractivity contribution in [1.82, 2.24) is 0 Å². The maximum absolute atomic E-state index is 10.2. The van der Waals surface area contributed by atoms with Crippen LogP contribution in [0.1, 0.15) is 103 Å². The fraction of sp³-hybridized carbons (Fsp3) is 0.818. The summed E-state index contributed by atoms with van der Waals surface area (Å²) in [5, 5.41) is 13.9. The molecule has 0 rings (SSSR count). The Labute approximate surface area is 216 Å². The van der Waals surface area contributed by atoms with E-state index in [0.717, 1.165) is 6.42 Å². The maximum Gasteiger partial charge on any atom is 1.00 e. The predicted octanol–water partition coefficient (Wildman–Crippen LogP) is 2.88. The van der Waals surface area contributed by atoms with Gasteiger partial charge in [0.15, 0.2) is 5.25 Å². The molecule has 0 aromatic rings. The molecular weight excluding hydrogens is 445 g/mol. The van der Waals surface area contributed by atoms with Crippen LogP contribution in [0.15, 0.2) is 12.2 Å². The van der Waals surface area contributed by atoms with Crippen molar-refractivity contribution in [2.24, 2.45) is 0 Å². The van der Waals surface area contributed by atoms with Gasteiger partial charge in [0.1, 0.15) is 0 Å². The molecule has 0 bridgehead atoms. The van der Waals surface area contributed by atoms with Gasteiger partial charge in [0.05, 0.1) is 6.42 Å². The summed E-state index contributed by atoms with van der Waals surface area (Å²) in [6, 6.07) is 0. The quantitative estimate of drug-likeness (QED) is 0.110. The summed E-state index contributed by atoms with van der Waals surface area (Å²) in [6.45, 7) is 2.89. The zero-order chi connectivity index (χ0) is 24.0. The number of carboxylic acid groups (broad SMARTS) is 2. The van der Waals surface area contributed by atoms with Crippen LogP contribution in [0, 0.1) is 0 Å². The van der Waals surface area contributed by atoms with E-state index in [-0.39, 0.29) is 29.6 Å². The average Bonchev–Trinajstić information content (AvgIpc) is 2.68. The predicted molar refractivity (Wildman–Crippen MR) is 124 cm³/mol. The Morgan fingerprint density at radius 2 is 1.22 bits per heavy atom. The molecule has 0 heterocycles. The molecule has 4 N–H and O–H groups in total. The topological polar surface area (TPSA) is 153 Å². The first-order valence-corrected chi connectivity index (χ1v) is 12.9. The van der Waals surface area contributed by atoms with E-state index in [4.69, 9.17) is 20.5 Å². The van der Waals surface area contributed by atoms with Crippen molar-refractivity contribution in [3.05, 3.63) is 17.9 Å². The smallest absolute Gasteiger partial charge is 0.677 e. The summed E-state index contributed by atoms with van der Waals surface area (Å²) in [5.74, 6) is -3.50. The molecule has 1 unspecified atom stereocenters. The monoisotopic (exact) mass is 487 g/mol. The van der Waals surface area contributed by atoms with Crippen molar-refractivity contribution in [1.29, 1.82) is 0 Å². The number of aliphatic carboxylic acids is 2. The SMILES string of the molecule is CCCCCCCC/C=C\CCCCCCCC[NH-].O=C(O)CC(C(=O)O)S(=O)(=O)O.[Na+]. The first-order valence-electron chi connectivity index (χ1n) is 11.4. The third kappa shape index (κ3) is 27.6. The van der Waals surface area contributed by atoms with Gasteiger partial charge in [-0.15, -0.1) is 0 Å². The van der Waals surface area contributed by atoms with Crippen LogP contribution >= 0.6 is 0 Å². The zero-order valence-electron chi connectivity index (χ0n) is 19.9. The summed E-state index contributed by atoms with van der Waals surface area (Å²) in [7, 11) is -4.84. The van der Waals surface area contributed by atoms with Crippen molar-refractivity contribution in [2.45, 2.75) is 108 Å². The second-order valence-corrected chi connectivity index (χ2v) is 9.23. The number of nitrogens with one attached hydrogen (secondary N) is 1. The molecule has 0 aliphatic carbocycles. The second-order valence-electron chi connectivity index (χ2n) is 7.63. The molecule has 0 aliphatic rings.